The Kier molecular flexibility index (Phi) is 4.75. The summed E-state index contributed by atoms with van der Waals surface area (Å²) in [6.07, 6.45) is -3.58. The highest BCUT2D eigenvalue weighted by Crippen LogP contribution is 2.23. The molecule has 0 aliphatic carbocycles. The van der Waals surface area contributed by atoms with Crippen molar-refractivity contribution in [3.63, 3.8) is 0 Å². The number of rotatable bonds is 4. The first-order chi connectivity index (χ1) is 9.97. The molecule has 0 unspecified atom stereocenters. The summed E-state index contributed by atoms with van der Waals surface area (Å²) in [5.41, 5.74) is 1.63. The summed E-state index contributed by atoms with van der Waals surface area (Å²) in [5, 5.41) is 2.97. The van der Waals surface area contributed by atoms with Crippen molar-refractivity contribution in [1.29, 1.82) is 0 Å². The van der Waals surface area contributed by atoms with E-state index in [9.17, 15) is 13.2 Å². The van der Waals surface area contributed by atoms with Gasteiger partial charge in [-0.25, -0.2) is 0 Å². The number of thiocarbonyl (C=S) groups is 1. The van der Waals surface area contributed by atoms with E-state index in [0.717, 1.165) is 6.08 Å². The molecule has 0 radical (unpaired) electrons. The lowest BCUT2D eigenvalue weighted by Gasteiger charge is -2.13. The highest BCUT2D eigenvalue weighted by atomic mass is 32.1. The molecule has 1 N–H and O–H groups in total. The quantitative estimate of drug-likeness (QED) is 0.625. The standard InChI is InChI=1S/C16H12F3NS/c17-16(18,19)15(21)11-14(12-7-3-1-4-8-12)20-13-9-5-2-6-10-13/h1-11,20H/b14-11-. The van der Waals surface area contributed by atoms with E-state index in [4.69, 9.17) is 0 Å². The van der Waals surface area contributed by atoms with Gasteiger partial charge in [-0.2, -0.15) is 13.2 Å². The van der Waals surface area contributed by atoms with E-state index in [2.05, 4.69) is 17.5 Å². The number of benzene rings is 2. The smallest absolute Gasteiger partial charge is 0.355 e. The Balaban J connectivity index is 2.36. The molecule has 0 saturated heterocycles. The third-order valence-electron chi connectivity index (χ3n) is 2.69. The number of hydrogen-bond donors (Lipinski definition) is 1. The number of halogens is 3. The van der Waals surface area contributed by atoms with E-state index in [0.29, 0.717) is 16.9 Å². The van der Waals surface area contributed by atoms with Crippen molar-refractivity contribution in [3.05, 3.63) is 72.3 Å². The van der Waals surface area contributed by atoms with Crippen molar-refractivity contribution in [2.24, 2.45) is 0 Å². The maximum absolute atomic E-state index is 12.7. The molecule has 21 heavy (non-hydrogen) atoms. The first-order valence-electron chi connectivity index (χ1n) is 6.17. The molecule has 0 amide bonds. The summed E-state index contributed by atoms with van der Waals surface area (Å²) in [5.74, 6) is 0. The first kappa shape index (κ1) is 15.3. The summed E-state index contributed by atoms with van der Waals surface area (Å²) in [6, 6.07) is 17.7. The average molecular weight is 307 g/mol. The topological polar surface area (TPSA) is 12.0 Å². The van der Waals surface area contributed by atoms with Crippen LogP contribution in [0.3, 0.4) is 0 Å². The van der Waals surface area contributed by atoms with E-state index < -0.39 is 11.0 Å². The van der Waals surface area contributed by atoms with Crippen LogP contribution in [-0.4, -0.2) is 11.0 Å². The molecule has 108 valence electrons. The van der Waals surface area contributed by atoms with Crippen LogP contribution in [0.25, 0.3) is 5.70 Å². The van der Waals surface area contributed by atoms with Crippen molar-refractivity contribution in [3.8, 4) is 0 Å². The predicted octanol–water partition coefficient (Wildman–Crippen LogP) is 5.07. The number of allylic oxidation sites excluding steroid dienone is 1. The molecule has 0 aliphatic heterocycles. The van der Waals surface area contributed by atoms with E-state index in [1.807, 2.05) is 6.07 Å². The van der Waals surface area contributed by atoms with Crippen LogP contribution in [0.1, 0.15) is 5.56 Å². The zero-order valence-electron chi connectivity index (χ0n) is 10.9. The van der Waals surface area contributed by atoms with Crippen LogP contribution >= 0.6 is 12.2 Å². The van der Waals surface area contributed by atoms with Gasteiger partial charge in [0.1, 0.15) is 4.86 Å². The minimum absolute atomic E-state index is 0.309. The highest BCUT2D eigenvalue weighted by Gasteiger charge is 2.32. The third-order valence-corrected chi connectivity index (χ3v) is 3.04. The van der Waals surface area contributed by atoms with Gasteiger partial charge in [-0.3, -0.25) is 0 Å². The fourth-order valence-corrected chi connectivity index (χ4v) is 1.82. The van der Waals surface area contributed by atoms with Crippen LogP contribution in [0.15, 0.2) is 66.7 Å². The van der Waals surface area contributed by atoms with Gasteiger partial charge in [-0.1, -0.05) is 60.7 Å². The van der Waals surface area contributed by atoms with Crippen LogP contribution in [0.5, 0.6) is 0 Å². The minimum Gasteiger partial charge on any atom is -0.355 e. The van der Waals surface area contributed by atoms with E-state index in [1.54, 1.807) is 54.6 Å². The van der Waals surface area contributed by atoms with Gasteiger partial charge in [0.05, 0.1) is 0 Å². The maximum atomic E-state index is 12.7. The van der Waals surface area contributed by atoms with Crippen LogP contribution in [0, 0.1) is 0 Å². The summed E-state index contributed by atoms with van der Waals surface area (Å²) in [7, 11) is 0. The Morgan fingerprint density at radius 2 is 1.43 bits per heavy atom. The molecule has 0 saturated carbocycles. The molecule has 0 spiro atoms. The molecular weight excluding hydrogens is 295 g/mol. The number of nitrogens with one attached hydrogen (secondary N) is 1. The lowest BCUT2D eigenvalue weighted by Crippen LogP contribution is -2.19. The molecule has 2 aromatic carbocycles. The zero-order chi connectivity index (χ0) is 15.3. The van der Waals surface area contributed by atoms with Gasteiger partial charge in [0, 0.05) is 11.4 Å². The van der Waals surface area contributed by atoms with Crippen molar-refractivity contribution in [2.45, 2.75) is 6.18 Å². The fraction of sp³-hybridized carbons (Fsp3) is 0.0625. The molecule has 2 aromatic rings. The first-order valence-corrected chi connectivity index (χ1v) is 6.58. The molecule has 0 bridgehead atoms. The van der Waals surface area contributed by atoms with Gasteiger partial charge in [0.25, 0.3) is 0 Å². The third kappa shape index (κ3) is 4.43. The van der Waals surface area contributed by atoms with E-state index in [-0.39, 0.29) is 0 Å². The predicted molar refractivity (Wildman–Crippen MR) is 83.1 cm³/mol. The van der Waals surface area contributed by atoms with Gasteiger partial charge in [0.2, 0.25) is 0 Å². The SMILES string of the molecule is FC(F)(F)C(=S)/C=C(\Nc1ccccc1)c1ccccc1. The molecular formula is C16H12F3NS. The molecule has 0 heterocycles. The van der Waals surface area contributed by atoms with Gasteiger partial charge in [0.15, 0.2) is 0 Å². The molecule has 0 aromatic heterocycles. The molecule has 0 aliphatic rings. The number of hydrogen-bond acceptors (Lipinski definition) is 2. The molecule has 0 atom stereocenters. The van der Waals surface area contributed by atoms with Gasteiger partial charge < -0.3 is 5.32 Å². The number of anilines is 1. The van der Waals surface area contributed by atoms with Crippen molar-refractivity contribution in [2.75, 3.05) is 5.32 Å². The van der Waals surface area contributed by atoms with Crippen LogP contribution in [-0.2, 0) is 0 Å². The molecule has 5 heteroatoms. The maximum Gasteiger partial charge on any atom is 0.426 e. The summed E-state index contributed by atoms with van der Waals surface area (Å²) in [4.78, 5) is -1.07. The summed E-state index contributed by atoms with van der Waals surface area (Å²) >= 11 is 4.44. The van der Waals surface area contributed by atoms with Crippen molar-refractivity contribution in [1.82, 2.24) is 0 Å². The Bertz CT molecular complexity index is 634. The van der Waals surface area contributed by atoms with Gasteiger partial charge in [-0.15, -0.1) is 0 Å². The highest BCUT2D eigenvalue weighted by molar-refractivity contribution is 7.81. The van der Waals surface area contributed by atoms with Crippen LogP contribution < -0.4 is 5.32 Å². The number of alkyl halides is 3. The van der Waals surface area contributed by atoms with Crippen LogP contribution in [0.2, 0.25) is 0 Å². The fourth-order valence-electron chi connectivity index (χ4n) is 1.70. The Morgan fingerprint density at radius 3 is 1.95 bits per heavy atom. The largest absolute Gasteiger partial charge is 0.426 e. The Hall–Kier alpha value is -2.14. The number of para-hydroxylation sites is 1. The van der Waals surface area contributed by atoms with E-state index >= 15 is 0 Å². The second kappa shape index (κ2) is 6.54. The Labute approximate surface area is 126 Å². The lowest BCUT2D eigenvalue weighted by atomic mass is 10.1. The minimum atomic E-state index is -4.52. The van der Waals surface area contributed by atoms with Crippen molar-refractivity contribution < 1.29 is 13.2 Å². The summed E-state index contributed by atoms with van der Waals surface area (Å²) < 4.78 is 38.0. The Morgan fingerprint density at radius 1 is 0.905 bits per heavy atom. The van der Waals surface area contributed by atoms with Gasteiger partial charge >= 0.3 is 6.18 Å². The second-order valence-corrected chi connectivity index (χ2v) is 4.72. The molecule has 2 rings (SSSR count). The van der Waals surface area contributed by atoms with E-state index in [1.165, 1.54) is 0 Å². The second-order valence-electron chi connectivity index (χ2n) is 4.28. The summed E-state index contributed by atoms with van der Waals surface area (Å²) in [6.45, 7) is 0. The van der Waals surface area contributed by atoms with Crippen molar-refractivity contribution >= 4 is 28.5 Å². The normalized spacial score (nSPS) is 12.0. The zero-order valence-corrected chi connectivity index (χ0v) is 11.7. The molecule has 0 fully saturated rings. The lowest BCUT2D eigenvalue weighted by molar-refractivity contribution is -0.0552. The van der Waals surface area contributed by atoms with Gasteiger partial charge in [-0.05, 0) is 23.8 Å². The molecule has 1 nitrogen and oxygen atoms in total. The average Bonchev–Trinajstić information content (AvgIpc) is 2.47. The monoisotopic (exact) mass is 307 g/mol. The van der Waals surface area contributed by atoms with Crippen LogP contribution in [0.4, 0.5) is 18.9 Å².